The summed E-state index contributed by atoms with van der Waals surface area (Å²) in [6.07, 6.45) is 10.5. The van der Waals surface area contributed by atoms with Gasteiger partial charge in [0.2, 0.25) is 20.8 Å². The number of aliphatic hydroxyl groups excluding tert-OH is 1. The molecule has 10 atom stereocenters. The van der Waals surface area contributed by atoms with E-state index in [4.69, 9.17) is 4.18 Å². The zero-order chi connectivity index (χ0) is 29.0. The Bertz CT molecular complexity index is 1190. The second kappa shape index (κ2) is 14.3. The molecule has 3 saturated carbocycles. The number of hydrogen-bond donors (Lipinski definition) is 1. The molecule has 0 aromatic heterocycles. The molecule has 41 heavy (non-hydrogen) atoms. The molecule has 0 bridgehead atoms. The van der Waals surface area contributed by atoms with Gasteiger partial charge in [-0.25, -0.2) is 16.8 Å². The second-order valence-electron chi connectivity index (χ2n) is 13.3. The van der Waals surface area contributed by atoms with Crippen LogP contribution >= 0.6 is 0 Å². The quantitative estimate of drug-likeness (QED) is 0.136. The minimum absolute atomic E-state index is 0. The molecule has 0 aliphatic heterocycles. The molecule has 0 heterocycles. The van der Waals surface area contributed by atoms with Crippen LogP contribution in [0.5, 0.6) is 0 Å². The van der Waals surface area contributed by atoms with Crippen LogP contribution in [0.2, 0.25) is 0 Å². The van der Waals surface area contributed by atoms with Crippen LogP contribution < -0.4 is 59.1 Å². The van der Waals surface area contributed by atoms with Gasteiger partial charge in [0.1, 0.15) is 0 Å². The normalized spacial score (nSPS) is 38.6. The minimum Gasteiger partial charge on any atom is -0.726 e. The summed E-state index contributed by atoms with van der Waals surface area (Å²) in [5.74, 6) is 1.37. The third-order valence-corrected chi connectivity index (χ3v) is 12.0. The van der Waals surface area contributed by atoms with E-state index in [-0.39, 0.29) is 106 Å². The molecule has 0 amide bonds. The van der Waals surface area contributed by atoms with Crippen molar-refractivity contribution in [2.45, 2.75) is 91.8 Å². The van der Waals surface area contributed by atoms with E-state index in [1.54, 1.807) is 0 Å². The third-order valence-electron chi connectivity index (χ3n) is 11.0. The number of hydrogen-bond acceptors (Lipinski definition) is 9. The van der Waals surface area contributed by atoms with Gasteiger partial charge in [-0.15, -0.1) is 0 Å². The number of rotatable bonds is 9. The molecule has 224 valence electrons. The Morgan fingerprint density at radius 1 is 1.02 bits per heavy atom. The van der Waals surface area contributed by atoms with E-state index in [9.17, 15) is 31.0 Å². The molecule has 1 N–H and O–H groups in total. The molecule has 4 rings (SSSR count). The SMILES string of the molecule is CC(C)[C@H](/C=C/[C@@H](C)[C@H]1CC[C@H]2[C@@H]3CC=C4C[C@@H](OS(=O)(=O)[O-])CC[C@]4(C)[C@H]3C[C@H](O)[C@]12C)COS(=O)(=O)[O-].[Na+].[Na+]. The Morgan fingerprint density at radius 2 is 1.68 bits per heavy atom. The summed E-state index contributed by atoms with van der Waals surface area (Å²) in [5, 5.41) is 11.7. The fraction of sp³-hybridized carbons (Fsp3) is 0.857. The fourth-order valence-electron chi connectivity index (χ4n) is 8.82. The first-order valence-electron chi connectivity index (χ1n) is 14.3. The van der Waals surface area contributed by atoms with Gasteiger partial charge in [0.05, 0.1) is 18.8 Å². The van der Waals surface area contributed by atoms with Crippen molar-refractivity contribution < 1.29 is 98.5 Å². The van der Waals surface area contributed by atoms with Crippen molar-refractivity contribution in [3.8, 4) is 0 Å². The van der Waals surface area contributed by atoms with Gasteiger partial charge < -0.3 is 14.2 Å². The monoisotopic (exact) mass is 634 g/mol. The molecule has 0 radical (unpaired) electrons. The molecule has 0 unspecified atom stereocenters. The summed E-state index contributed by atoms with van der Waals surface area (Å²) in [5.41, 5.74) is 0.756. The van der Waals surface area contributed by atoms with E-state index in [1.807, 2.05) is 19.9 Å². The van der Waals surface area contributed by atoms with Gasteiger partial charge in [-0.3, -0.25) is 8.37 Å². The summed E-state index contributed by atoms with van der Waals surface area (Å²) in [6, 6.07) is 0. The van der Waals surface area contributed by atoms with E-state index in [0.717, 1.165) is 31.3 Å². The molecule has 3 fully saturated rings. The fourth-order valence-corrected chi connectivity index (χ4v) is 9.64. The maximum atomic E-state index is 11.7. The van der Waals surface area contributed by atoms with Crippen LogP contribution in [0.15, 0.2) is 23.8 Å². The molecule has 9 nitrogen and oxygen atoms in total. The Kier molecular flexibility index (Phi) is 13.4. The Morgan fingerprint density at radius 3 is 2.27 bits per heavy atom. The van der Waals surface area contributed by atoms with Gasteiger partial charge in [-0.1, -0.05) is 58.4 Å². The van der Waals surface area contributed by atoms with Crippen molar-refractivity contribution in [1.29, 1.82) is 0 Å². The second-order valence-corrected chi connectivity index (χ2v) is 15.3. The van der Waals surface area contributed by atoms with Crippen LogP contribution in [0.3, 0.4) is 0 Å². The van der Waals surface area contributed by atoms with Crippen molar-refractivity contribution in [1.82, 2.24) is 0 Å². The van der Waals surface area contributed by atoms with E-state index in [1.165, 1.54) is 0 Å². The maximum absolute atomic E-state index is 11.7. The maximum Gasteiger partial charge on any atom is 1.00 e. The van der Waals surface area contributed by atoms with Crippen molar-refractivity contribution in [3.05, 3.63) is 23.8 Å². The average Bonchev–Trinajstić information content (AvgIpc) is 3.17. The van der Waals surface area contributed by atoms with E-state index >= 15 is 0 Å². The molecule has 0 saturated heterocycles. The van der Waals surface area contributed by atoms with Crippen LogP contribution in [-0.4, -0.2) is 49.9 Å². The Labute approximate surface area is 291 Å². The van der Waals surface area contributed by atoms with Gasteiger partial charge in [0, 0.05) is 5.92 Å². The van der Waals surface area contributed by atoms with Crippen molar-refractivity contribution in [2.75, 3.05) is 6.61 Å². The molecular weight excluding hydrogens is 590 g/mol. The number of allylic oxidation sites excluding steroid dienone is 2. The molecule has 0 spiro atoms. The zero-order valence-corrected chi connectivity index (χ0v) is 31.2. The van der Waals surface area contributed by atoms with Crippen LogP contribution in [0.25, 0.3) is 0 Å². The molecular formula is C28H44Na2O9S2. The van der Waals surface area contributed by atoms with Gasteiger partial charge in [-0.2, -0.15) is 0 Å². The van der Waals surface area contributed by atoms with Crippen molar-refractivity contribution >= 4 is 20.8 Å². The first-order valence-corrected chi connectivity index (χ1v) is 16.9. The standard InChI is InChI=1S/C28H46O9S2.2Na/c1-17(2)19(16-36-38(30,31)32)7-6-18(3)23-10-11-24-22-9-8-20-14-21(37-39(33,34)35)12-13-27(20,4)25(22)15-26(29)28(23,24)5;;/h6-8,17-19,21-26,29H,9-16H2,1-5H3,(H,30,31,32)(H,33,34,35);;/q;2*+1/p-2/b7-6+;;/t18-,19-,21+,22+,23-,24+,25+,26+,27+,28-;;/m1../s1. The van der Waals surface area contributed by atoms with Crippen LogP contribution in [0.1, 0.15) is 79.6 Å². The van der Waals surface area contributed by atoms with Crippen LogP contribution in [-0.2, 0) is 29.2 Å². The predicted octanol–water partition coefficient (Wildman–Crippen LogP) is -1.67. The Hall–Kier alpha value is 1.18. The van der Waals surface area contributed by atoms with E-state index < -0.39 is 33.0 Å². The molecule has 13 heteroatoms. The van der Waals surface area contributed by atoms with Gasteiger partial charge in [0.25, 0.3) is 0 Å². The third kappa shape index (κ3) is 8.32. The van der Waals surface area contributed by atoms with Gasteiger partial charge in [-0.05, 0) is 91.3 Å². The van der Waals surface area contributed by atoms with E-state index in [2.05, 4.69) is 37.1 Å². The van der Waals surface area contributed by atoms with Crippen LogP contribution in [0.4, 0.5) is 0 Å². The molecule has 4 aliphatic rings. The summed E-state index contributed by atoms with van der Waals surface area (Å²) < 4.78 is 75.7. The van der Waals surface area contributed by atoms with E-state index in [0.29, 0.717) is 31.1 Å². The van der Waals surface area contributed by atoms with Gasteiger partial charge >= 0.3 is 59.1 Å². The summed E-state index contributed by atoms with van der Waals surface area (Å²) >= 11 is 0. The summed E-state index contributed by atoms with van der Waals surface area (Å²) in [6.45, 7) is 10.4. The number of fused-ring (bicyclic) bond motifs is 5. The number of aliphatic hydroxyl groups is 1. The van der Waals surface area contributed by atoms with Gasteiger partial charge in [0.15, 0.2) is 0 Å². The summed E-state index contributed by atoms with van der Waals surface area (Å²) in [7, 11) is -9.49. The largest absolute Gasteiger partial charge is 1.00 e. The average molecular weight is 635 g/mol. The van der Waals surface area contributed by atoms with Crippen LogP contribution in [0, 0.1) is 52.3 Å². The minimum atomic E-state index is -4.75. The van der Waals surface area contributed by atoms with Crippen molar-refractivity contribution in [3.63, 3.8) is 0 Å². The zero-order valence-electron chi connectivity index (χ0n) is 25.6. The first-order chi connectivity index (χ1) is 18.0. The summed E-state index contributed by atoms with van der Waals surface area (Å²) in [4.78, 5) is 0. The predicted molar refractivity (Wildman–Crippen MR) is 143 cm³/mol. The first kappa shape index (κ1) is 38.4. The molecule has 4 aliphatic carbocycles. The smallest absolute Gasteiger partial charge is 0.726 e. The Balaban J connectivity index is 0.00000294. The molecule has 0 aromatic rings. The topological polar surface area (TPSA) is 153 Å². The molecule has 0 aromatic carbocycles. The van der Waals surface area contributed by atoms with Crippen molar-refractivity contribution in [2.24, 2.45) is 52.3 Å².